The molecule has 3 atom stereocenters. The number of likely N-dealkylation sites (tertiary alicyclic amines) is 1. The monoisotopic (exact) mass is 214 g/mol. The molecular formula is C11H22N2O2. The Kier molecular flexibility index (Phi) is 3.97. The van der Waals surface area contributed by atoms with Gasteiger partial charge in [-0.1, -0.05) is 0 Å². The van der Waals surface area contributed by atoms with Crippen LogP contribution in [-0.2, 0) is 9.47 Å². The highest BCUT2D eigenvalue weighted by molar-refractivity contribution is 4.77. The molecule has 15 heavy (non-hydrogen) atoms. The molecule has 0 saturated carbocycles. The second-order valence-corrected chi connectivity index (χ2v) is 4.70. The molecule has 0 bridgehead atoms. The second kappa shape index (κ2) is 5.25. The van der Waals surface area contributed by atoms with Crippen LogP contribution in [-0.4, -0.2) is 50.6 Å². The van der Waals surface area contributed by atoms with E-state index in [1.54, 1.807) is 0 Å². The highest BCUT2D eigenvalue weighted by Gasteiger charge is 2.33. The highest BCUT2D eigenvalue weighted by atomic mass is 16.7. The van der Waals surface area contributed by atoms with Crippen LogP contribution in [0.15, 0.2) is 0 Å². The van der Waals surface area contributed by atoms with Crippen molar-refractivity contribution in [1.29, 1.82) is 0 Å². The maximum atomic E-state index is 5.86. The Morgan fingerprint density at radius 2 is 2.33 bits per heavy atom. The summed E-state index contributed by atoms with van der Waals surface area (Å²) in [7, 11) is 2.17. The first-order valence-electron chi connectivity index (χ1n) is 5.95. The summed E-state index contributed by atoms with van der Waals surface area (Å²) in [6, 6.07) is 0. The van der Waals surface area contributed by atoms with Gasteiger partial charge >= 0.3 is 0 Å². The van der Waals surface area contributed by atoms with E-state index in [0.29, 0.717) is 12.5 Å². The lowest BCUT2D eigenvalue weighted by atomic mass is 9.98. The van der Waals surface area contributed by atoms with Gasteiger partial charge in [-0.05, 0) is 39.4 Å². The van der Waals surface area contributed by atoms with Crippen molar-refractivity contribution in [1.82, 2.24) is 4.90 Å². The number of ether oxygens (including phenoxy) is 2. The van der Waals surface area contributed by atoms with Crippen LogP contribution in [0.25, 0.3) is 0 Å². The van der Waals surface area contributed by atoms with Crippen molar-refractivity contribution >= 4 is 0 Å². The quantitative estimate of drug-likeness (QED) is 0.739. The van der Waals surface area contributed by atoms with E-state index in [4.69, 9.17) is 15.2 Å². The van der Waals surface area contributed by atoms with Crippen molar-refractivity contribution in [3.8, 4) is 0 Å². The third-order valence-corrected chi connectivity index (χ3v) is 3.31. The number of piperidine rings is 1. The van der Waals surface area contributed by atoms with Crippen LogP contribution in [0.1, 0.15) is 19.3 Å². The number of nitrogens with zero attached hydrogens (tertiary/aromatic N) is 1. The molecule has 3 unspecified atom stereocenters. The molecule has 2 fully saturated rings. The summed E-state index contributed by atoms with van der Waals surface area (Å²) in [5.74, 6) is 0.548. The van der Waals surface area contributed by atoms with Gasteiger partial charge in [0.05, 0.1) is 12.7 Å². The fourth-order valence-electron chi connectivity index (χ4n) is 2.48. The maximum absolute atomic E-state index is 5.86. The Morgan fingerprint density at radius 1 is 1.47 bits per heavy atom. The van der Waals surface area contributed by atoms with Crippen molar-refractivity contribution in [3.05, 3.63) is 0 Å². The molecule has 2 aliphatic rings. The lowest BCUT2D eigenvalue weighted by molar-refractivity contribution is -0.110. The van der Waals surface area contributed by atoms with E-state index >= 15 is 0 Å². The fourth-order valence-corrected chi connectivity index (χ4v) is 2.48. The van der Waals surface area contributed by atoms with Crippen LogP contribution in [0.3, 0.4) is 0 Å². The molecule has 0 amide bonds. The molecule has 0 aromatic rings. The largest absolute Gasteiger partial charge is 0.350 e. The van der Waals surface area contributed by atoms with Crippen LogP contribution in [0.5, 0.6) is 0 Å². The summed E-state index contributed by atoms with van der Waals surface area (Å²) < 4.78 is 11.6. The molecule has 2 N–H and O–H groups in total. The number of rotatable bonds is 3. The Labute approximate surface area is 91.7 Å². The summed E-state index contributed by atoms with van der Waals surface area (Å²) in [6.07, 6.45) is 3.64. The van der Waals surface area contributed by atoms with E-state index in [0.717, 1.165) is 19.6 Å². The summed E-state index contributed by atoms with van der Waals surface area (Å²) in [5, 5.41) is 0. The van der Waals surface area contributed by atoms with E-state index in [-0.39, 0.29) is 12.4 Å². The van der Waals surface area contributed by atoms with Crippen LogP contribution in [0.2, 0.25) is 0 Å². The first-order chi connectivity index (χ1) is 7.29. The molecule has 4 heteroatoms. The van der Waals surface area contributed by atoms with E-state index in [1.807, 2.05) is 0 Å². The lowest BCUT2D eigenvalue weighted by Gasteiger charge is -2.32. The van der Waals surface area contributed by atoms with Crippen LogP contribution in [0, 0.1) is 5.92 Å². The van der Waals surface area contributed by atoms with Crippen LogP contribution < -0.4 is 5.73 Å². The van der Waals surface area contributed by atoms with Crippen LogP contribution in [0.4, 0.5) is 0 Å². The molecule has 0 aliphatic carbocycles. The first kappa shape index (κ1) is 11.3. The third kappa shape index (κ3) is 2.91. The molecule has 2 aliphatic heterocycles. The van der Waals surface area contributed by atoms with Gasteiger partial charge in [0.2, 0.25) is 0 Å². The molecule has 2 heterocycles. The van der Waals surface area contributed by atoms with Gasteiger partial charge in [0.15, 0.2) is 6.29 Å². The van der Waals surface area contributed by atoms with Gasteiger partial charge in [-0.25, -0.2) is 0 Å². The summed E-state index contributed by atoms with van der Waals surface area (Å²) in [5.41, 5.74) is 5.51. The zero-order valence-electron chi connectivity index (χ0n) is 9.52. The van der Waals surface area contributed by atoms with E-state index in [9.17, 15) is 0 Å². The minimum atomic E-state index is 0.0179. The summed E-state index contributed by atoms with van der Waals surface area (Å²) in [6.45, 7) is 3.71. The van der Waals surface area contributed by atoms with Gasteiger partial charge in [-0.15, -0.1) is 0 Å². The van der Waals surface area contributed by atoms with Crippen molar-refractivity contribution in [2.24, 2.45) is 11.7 Å². The van der Waals surface area contributed by atoms with Gasteiger partial charge in [-0.2, -0.15) is 0 Å². The average molecular weight is 214 g/mol. The fraction of sp³-hybridized carbons (Fsp3) is 1.00. The molecule has 4 nitrogen and oxygen atoms in total. The minimum absolute atomic E-state index is 0.0179. The lowest BCUT2D eigenvalue weighted by Crippen LogP contribution is -2.38. The smallest absolute Gasteiger partial charge is 0.162 e. The normalized spacial score (nSPS) is 38.4. The van der Waals surface area contributed by atoms with Crippen molar-refractivity contribution < 1.29 is 9.47 Å². The van der Waals surface area contributed by atoms with Gasteiger partial charge in [0.1, 0.15) is 0 Å². The van der Waals surface area contributed by atoms with E-state index < -0.39 is 0 Å². The number of nitrogens with two attached hydrogens (primary N) is 1. The molecule has 88 valence electrons. The Hall–Kier alpha value is -0.160. The third-order valence-electron chi connectivity index (χ3n) is 3.31. The highest BCUT2D eigenvalue weighted by Crippen LogP contribution is 2.27. The number of hydrogen-bond donors (Lipinski definition) is 1. The Morgan fingerprint density at radius 3 is 3.07 bits per heavy atom. The average Bonchev–Trinajstić information content (AvgIpc) is 2.67. The molecule has 0 aromatic heterocycles. The minimum Gasteiger partial charge on any atom is -0.350 e. The Balaban J connectivity index is 1.79. The second-order valence-electron chi connectivity index (χ2n) is 4.70. The molecule has 0 aromatic carbocycles. The summed E-state index contributed by atoms with van der Waals surface area (Å²) in [4.78, 5) is 2.36. The van der Waals surface area contributed by atoms with Gasteiger partial charge in [0, 0.05) is 12.5 Å². The summed E-state index contributed by atoms with van der Waals surface area (Å²) >= 11 is 0. The zero-order valence-corrected chi connectivity index (χ0v) is 9.52. The number of hydrogen-bond acceptors (Lipinski definition) is 4. The predicted molar refractivity (Wildman–Crippen MR) is 58.5 cm³/mol. The van der Waals surface area contributed by atoms with Gasteiger partial charge < -0.3 is 20.1 Å². The molecule has 0 radical (unpaired) electrons. The molecule has 2 rings (SSSR count). The van der Waals surface area contributed by atoms with Crippen molar-refractivity contribution in [2.45, 2.75) is 31.7 Å². The maximum Gasteiger partial charge on any atom is 0.162 e. The predicted octanol–water partition coefficient (Wildman–Crippen LogP) is 0.419. The topological polar surface area (TPSA) is 47.7 Å². The molecular weight excluding hydrogens is 192 g/mol. The first-order valence-corrected chi connectivity index (χ1v) is 5.95. The zero-order chi connectivity index (χ0) is 10.7. The molecule has 0 spiro atoms. The van der Waals surface area contributed by atoms with Gasteiger partial charge in [-0.3, -0.25) is 0 Å². The standard InChI is InChI=1S/C11H22N2O2/c1-13-6-2-3-9(7-13)11-14-8-10(15-11)4-5-12/h9-11H,2-8,12H2,1H3. The van der Waals surface area contributed by atoms with Gasteiger partial charge in [0.25, 0.3) is 0 Å². The molecule has 2 saturated heterocycles. The van der Waals surface area contributed by atoms with E-state index in [1.165, 1.54) is 19.4 Å². The van der Waals surface area contributed by atoms with Crippen LogP contribution >= 0.6 is 0 Å². The van der Waals surface area contributed by atoms with Crippen molar-refractivity contribution in [3.63, 3.8) is 0 Å². The van der Waals surface area contributed by atoms with E-state index in [2.05, 4.69) is 11.9 Å². The SMILES string of the molecule is CN1CCCC(C2OCC(CCN)O2)C1. The Bertz CT molecular complexity index is 201. The van der Waals surface area contributed by atoms with Crippen molar-refractivity contribution in [2.75, 3.05) is 33.3 Å².